The molecule has 0 aliphatic heterocycles. The average Bonchev–Trinajstić information content (AvgIpc) is 2.14. The second kappa shape index (κ2) is 7.96. The average molecular weight is 247 g/mol. The Kier molecular flexibility index (Phi) is 7.85. The summed E-state index contributed by atoms with van der Waals surface area (Å²) in [5.74, 6) is 2.20. The van der Waals surface area contributed by atoms with Gasteiger partial charge in [0, 0.05) is 6.04 Å². The molecular weight excluding hydrogens is 222 g/mol. The predicted molar refractivity (Wildman–Crippen MR) is 70.9 cm³/mol. The van der Waals surface area contributed by atoms with E-state index >= 15 is 0 Å². The van der Waals surface area contributed by atoms with E-state index in [9.17, 15) is 4.79 Å². The molecule has 3 nitrogen and oxygen atoms in total. The van der Waals surface area contributed by atoms with Crippen molar-refractivity contribution in [2.24, 2.45) is 0 Å². The van der Waals surface area contributed by atoms with Gasteiger partial charge in [-0.3, -0.25) is 4.79 Å². The Morgan fingerprint density at radius 1 is 1.44 bits per heavy atom. The number of hydrogen-bond donors (Lipinski definition) is 1. The minimum atomic E-state index is -0.251. The molecule has 96 valence electrons. The Bertz CT molecular complexity index is 202. The van der Waals surface area contributed by atoms with Gasteiger partial charge in [-0.2, -0.15) is 11.8 Å². The van der Waals surface area contributed by atoms with Crippen molar-refractivity contribution in [3.8, 4) is 0 Å². The van der Waals surface area contributed by atoms with E-state index in [1.165, 1.54) is 0 Å². The third-order valence-electron chi connectivity index (χ3n) is 1.94. The summed E-state index contributed by atoms with van der Waals surface area (Å²) in [6, 6.07) is 0.232. The zero-order valence-electron chi connectivity index (χ0n) is 11.1. The van der Waals surface area contributed by atoms with E-state index in [1.807, 2.05) is 39.5 Å². The van der Waals surface area contributed by atoms with Crippen LogP contribution >= 0.6 is 11.8 Å². The van der Waals surface area contributed by atoms with Crippen LogP contribution < -0.4 is 5.32 Å². The summed E-state index contributed by atoms with van der Waals surface area (Å²) in [7, 11) is 0. The van der Waals surface area contributed by atoms with E-state index in [4.69, 9.17) is 4.74 Å². The standard InChI is InChI=1S/C12H25NO2S/c1-6-16-8-7-10(2)13-11(14)9-15-12(3,4)5/h10H,6-9H2,1-5H3,(H,13,14). The van der Waals surface area contributed by atoms with Crippen molar-refractivity contribution in [1.29, 1.82) is 0 Å². The summed E-state index contributed by atoms with van der Waals surface area (Å²) in [5.41, 5.74) is -0.251. The fraction of sp³-hybridized carbons (Fsp3) is 0.917. The molecule has 0 heterocycles. The molecule has 0 saturated heterocycles. The summed E-state index contributed by atoms with van der Waals surface area (Å²) < 4.78 is 5.40. The van der Waals surface area contributed by atoms with E-state index in [1.54, 1.807) is 0 Å². The first kappa shape index (κ1) is 15.8. The highest BCUT2D eigenvalue weighted by Gasteiger charge is 2.13. The predicted octanol–water partition coefficient (Wildman–Crippen LogP) is 2.45. The van der Waals surface area contributed by atoms with Crippen LogP contribution in [0.1, 0.15) is 41.0 Å². The van der Waals surface area contributed by atoms with Crippen LogP contribution in [0, 0.1) is 0 Å². The van der Waals surface area contributed by atoms with Gasteiger partial charge in [-0.15, -0.1) is 0 Å². The number of thioether (sulfide) groups is 1. The minimum absolute atomic E-state index is 0.0241. The van der Waals surface area contributed by atoms with Gasteiger partial charge in [0.05, 0.1) is 5.60 Å². The van der Waals surface area contributed by atoms with Crippen LogP contribution in [-0.2, 0) is 9.53 Å². The molecule has 0 aliphatic rings. The molecule has 0 fully saturated rings. The smallest absolute Gasteiger partial charge is 0.246 e. The molecule has 0 aromatic heterocycles. The van der Waals surface area contributed by atoms with Crippen molar-refractivity contribution in [3.05, 3.63) is 0 Å². The molecule has 4 heteroatoms. The molecule has 16 heavy (non-hydrogen) atoms. The largest absolute Gasteiger partial charge is 0.366 e. The third-order valence-corrected chi connectivity index (χ3v) is 2.88. The molecular formula is C12H25NO2S. The van der Waals surface area contributed by atoms with Gasteiger partial charge in [0.15, 0.2) is 0 Å². The van der Waals surface area contributed by atoms with Gasteiger partial charge >= 0.3 is 0 Å². The third kappa shape index (κ3) is 10.3. The first-order valence-electron chi connectivity index (χ1n) is 5.86. The van der Waals surface area contributed by atoms with Gasteiger partial charge in [-0.1, -0.05) is 6.92 Å². The van der Waals surface area contributed by atoms with Crippen LogP contribution in [0.5, 0.6) is 0 Å². The van der Waals surface area contributed by atoms with E-state index in [-0.39, 0.29) is 24.2 Å². The second-order valence-electron chi connectivity index (χ2n) is 4.86. The Morgan fingerprint density at radius 3 is 2.56 bits per heavy atom. The zero-order chi connectivity index (χ0) is 12.6. The van der Waals surface area contributed by atoms with E-state index in [0.29, 0.717) is 0 Å². The Morgan fingerprint density at radius 2 is 2.06 bits per heavy atom. The SMILES string of the molecule is CCSCCC(C)NC(=O)COC(C)(C)C. The Labute approximate surface area is 104 Å². The minimum Gasteiger partial charge on any atom is -0.366 e. The van der Waals surface area contributed by atoms with E-state index in [0.717, 1.165) is 17.9 Å². The zero-order valence-corrected chi connectivity index (χ0v) is 11.9. The lowest BCUT2D eigenvalue weighted by Gasteiger charge is -2.20. The monoisotopic (exact) mass is 247 g/mol. The van der Waals surface area contributed by atoms with Crippen LogP contribution in [0.2, 0.25) is 0 Å². The molecule has 0 bridgehead atoms. The normalized spacial score (nSPS) is 13.6. The van der Waals surface area contributed by atoms with Gasteiger partial charge in [0.1, 0.15) is 6.61 Å². The molecule has 1 atom stereocenters. The van der Waals surface area contributed by atoms with Gasteiger partial charge < -0.3 is 10.1 Å². The molecule has 0 aromatic rings. The summed E-state index contributed by atoms with van der Waals surface area (Å²) in [6.07, 6.45) is 1.01. The van der Waals surface area contributed by atoms with Gasteiger partial charge in [-0.25, -0.2) is 0 Å². The van der Waals surface area contributed by atoms with Crippen molar-refractivity contribution in [2.45, 2.75) is 52.7 Å². The molecule has 0 aliphatic carbocycles. The summed E-state index contributed by atoms with van der Waals surface area (Å²) in [6.45, 7) is 10.2. The maximum absolute atomic E-state index is 11.5. The lowest BCUT2D eigenvalue weighted by molar-refractivity contribution is -0.131. The van der Waals surface area contributed by atoms with Crippen LogP contribution in [0.25, 0.3) is 0 Å². The maximum atomic E-state index is 11.5. The van der Waals surface area contributed by atoms with Crippen LogP contribution in [0.15, 0.2) is 0 Å². The van der Waals surface area contributed by atoms with Crippen molar-refractivity contribution in [1.82, 2.24) is 5.32 Å². The highest BCUT2D eigenvalue weighted by atomic mass is 32.2. The van der Waals surface area contributed by atoms with Crippen molar-refractivity contribution < 1.29 is 9.53 Å². The number of rotatable bonds is 7. The molecule has 0 radical (unpaired) electrons. The van der Waals surface area contributed by atoms with Crippen molar-refractivity contribution >= 4 is 17.7 Å². The van der Waals surface area contributed by atoms with Crippen LogP contribution in [-0.4, -0.2) is 35.7 Å². The second-order valence-corrected chi connectivity index (χ2v) is 6.25. The molecule has 1 N–H and O–H groups in total. The number of hydrogen-bond acceptors (Lipinski definition) is 3. The molecule has 0 rings (SSSR count). The summed E-state index contributed by atoms with van der Waals surface area (Å²) in [5, 5.41) is 2.93. The lowest BCUT2D eigenvalue weighted by Crippen LogP contribution is -2.37. The number of amides is 1. The topological polar surface area (TPSA) is 38.3 Å². The van der Waals surface area contributed by atoms with E-state index < -0.39 is 0 Å². The first-order valence-corrected chi connectivity index (χ1v) is 7.01. The maximum Gasteiger partial charge on any atom is 0.246 e. The van der Waals surface area contributed by atoms with Gasteiger partial charge in [-0.05, 0) is 45.6 Å². The molecule has 0 aromatic carbocycles. The molecule has 0 spiro atoms. The molecule has 1 unspecified atom stereocenters. The molecule has 1 amide bonds. The van der Waals surface area contributed by atoms with Crippen LogP contribution in [0.4, 0.5) is 0 Å². The fourth-order valence-electron chi connectivity index (χ4n) is 1.08. The summed E-state index contributed by atoms with van der Waals surface area (Å²) >= 11 is 1.90. The first-order chi connectivity index (χ1) is 7.35. The van der Waals surface area contributed by atoms with Gasteiger partial charge in [0.2, 0.25) is 5.91 Å². The lowest BCUT2D eigenvalue weighted by atomic mass is 10.2. The fourth-order valence-corrected chi connectivity index (χ4v) is 1.88. The highest BCUT2D eigenvalue weighted by Crippen LogP contribution is 2.06. The van der Waals surface area contributed by atoms with Crippen LogP contribution in [0.3, 0.4) is 0 Å². The van der Waals surface area contributed by atoms with Gasteiger partial charge in [0.25, 0.3) is 0 Å². The van der Waals surface area contributed by atoms with E-state index in [2.05, 4.69) is 12.2 Å². The van der Waals surface area contributed by atoms with Crippen molar-refractivity contribution in [2.75, 3.05) is 18.1 Å². The number of ether oxygens (including phenoxy) is 1. The molecule has 0 saturated carbocycles. The quantitative estimate of drug-likeness (QED) is 0.702. The number of nitrogens with one attached hydrogen (secondary N) is 1. The summed E-state index contributed by atoms with van der Waals surface area (Å²) in [4.78, 5) is 11.5. The Balaban J connectivity index is 3.62. The highest BCUT2D eigenvalue weighted by molar-refractivity contribution is 7.99. The number of carbonyl (C=O) groups excluding carboxylic acids is 1. The Hall–Kier alpha value is -0.220. The number of carbonyl (C=O) groups is 1. The van der Waals surface area contributed by atoms with Crippen molar-refractivity contribution in [3.63, 3.8) is 0 Å².